The predicted octanol–water partition coefficient (Wildman–Crippen LogP) is 2.45. The highest BCUT2D eigenvalue weighted by Gasteiger charge is 2.58. The quantitative estimate of drug-likeness (QED) is 0.803. The van der Waals surface area contributed by atoms with Crippen molar-refractivity contribution in [3.63, 3.8) is 0 Å². The van der Waals surface area contributed by atoms with Crippen LogP contribution in [0.15, 0.2) is 0 Å². The Morgan fingerprint density at radius 1 is 1.21 bits per heavy atom. The Morgan fingerprint density at radius 3 is 2.53 bits per heavy atom. The van der Waals surface area contributed by atoms with Gasteiger partial charge in [0.1, 0.15) is 0 Å². The first-order valence-electron chi connectivity index (χ1n) is 7.52. The molecule has 1 atom stereocenters. The van der Waals surface area contributed by atoms with Crippen LogP contribution in [0, 0.1) is 16.7 Å². The van der Waals surface area contributed by atoms with Gasteiger partial charge in [-0.15, -0.1) is 12.4 Å². The summed E-state index contributed by atoms with van der Waals surface area (Å²) in [4.78, 5) is 14.8. The van der Waals surface area contributed by atoms with Gasteiger partial charge in [0.15, 0.2) is 0 Å². The molecule has 1 spiro atoms. The zero-order chi connectivity index (χ0) is 12.8. The molecule has 1 saturated carbocycles. The number of carbonyl (C=O) groups is 1. The second-order valence-electron chi connectivity index (χ2n) is 7.40. The Balaban J connectivity index is 0.00000133. The van der Waals surface area contributed by atoms with Crippen LogP contribution in [0.2, 0.25) is 0 Å². The first-order chi connectivity index (χ1) is 8.53. The van der Waals surface area contributed by atoms with Gasteiger partial charge in [-0.3, -0.25) is 4.79 Å². The van der Waals surface area contributed by atoms with E-state index in [0.29, 0.717) is 22.7 Å². The molecule has 1 N–H and O–H groups in total. The number of nitrogens with zero attached hydrogens (tertiary/aromatic N) is 1. The van der Waals surface area contributed by atoms with Gasteiger partial charge in [-0.2, -0.15) is 0 Å². The molecule has 0 aromatic rings. The van der Waals surface area contributed by atoms with E-state index >= 15 is 0 Å². The molecule has 0 radical (unpaired) electrons. The molecule has 0 aromatic carbocycles. The normalized spacial score (nSPS) is 31.7. The molecule has 3 aliphatic rings. The maximum absolute atomic E-state index is 12.6. The lowest BCUT2D eigenvalue weighted by atomic mass is 9.83. The number of halogens is 1. The molecule has 3 fully saturated rings. The van der Waals surface area contributed by atoms with Gasteiger partial charge in [-0.05, 0) is 56.0 Å². The molecule has 19 heavy (non-hydrogen) atoms. The van der Waals surface area contributed by atoms with E-state index in [4.69, 9.17) is 0 Å². The largest absolute Gasteiger partial charge is 0.342 e. The van der Waals surface area contributed by atoms with Crippen molar-refractivity contribution in [1.82, 2.24) is 10.2 Å². The van der Waals surface area contributed by atoms with Crippen LogP contribution in [-0.4, -0.2) is 37.0 Å². The molecule has 2 aliphatic heterocycles. The molecular formula is C15H27ClN2O. The van der Waals surface area contributed by atoms with E-state index in [1.807, 2.05) is 0 Å². The molecule has 4 heteroatoms. The molecule has 1 amide bonds. The molecule has 2 saturated heterocycles. The third-order valence-corrected chi connectivity index (χ3v) is 5.30. The maximum atomic E-state index is 12.6. The molecule has 3 nitrogen and oxygen atoms in total. The van der Waals surface area contributed by atoms with Gasteiger partial charge in [-0.1, -0.05) is 13.8 Å². The average molecular weight is 287 g/mol. The average Bonchev–Trinajstić information content (AvgIpc) is 3.01. The van der Waals surface area contributed by atoms with Crippen molar-refractivity contribution >= 4 is 18.3 Å². The summed E-state index contributed by atoms with van der Waals surface area (Å²) in [6, 6.07) is 0. The highest BCUT2D eigenvalue weighted by atomic mass is 35.5. The summed E-state index contributed by atoms with van der Waals surface area (Å²) in [5.74, 6) is 0.818. The highest BCUT2D eigenvalue weighted by Crippen LogP contribution is 2.59. The van der Waals surface area contributed by atoms with Gasteiger partial charge in [0, 0.05) is 19.0 Å². The highest BCUT2D eigenvalue weighted by molar-refractivity contribution is 5.85. The van der Waals surface area contributed by atoms with Crippen LogP contribution in [-0.2, 0) is 4.79 Å². The molecule has 0 aromatic heterocycles. The molecule has 0 bridgehead atoms. The van der Waals surface area contributed by atoms with Crippen LogP contribution < -0.4 is 5.32 Å². The number of likely N-dealkylation sites (tertiary alicyclic amines) is 1. The van der Waals surface area contributed by atoms with Crippen LogP contribution in [0.5, 0.6) is 0 Å². The Kier molecular flexibility index (Phi) is 4.18. The minimum absolute atomic E-state index is 0. The predicted molar refractivity (Wildman–Crippen MR) is 79.5 cm³/mol. The summed E-state index contributed by atoms with van der Waals surface area (Å²) in [7, 11) is 0. The van der Waals surface area contributed by atoms with Crippen LogP contribution in [0.1, 0.15) is 46.0 Å². The summed E-state index contributed by atoms with van der Waals surface area (Å²) in [6.45, 7) is 8.76. The van der Waals surface area contributed by atoms with Crippen LogP contribution in [0.4, 0.5) is 0 Å². The fourth-order valence-corrected chi connectivity index (χ4v) is 4.01. The van der Waals surface area contributed by atoms with Crippen molar-refractivity contribution in [2.45, 2.75) is 46.0 Å². The van der Waals surface area contributed by atoms with E-state index in [0.717, 1.165) is 32.6 Å². The Labute approximate surface area is 122 Å². The first-order valence-corrected chi connectivity index (χ1v) is 7.52. The summed E-state index contributed by atoms with van der Waals surface area (Å²) >= 11 is 0. The van der Waals surface area contributed by atoms with Crippen molar-refractivity contribution in [2.24, 2.45) is 16.7 Å². The van der Waals surface area contributed by atoms with Crippen molar-refractivity contribution in [3.05, 3.63) is 0 Å². The van der Waals surface area contributed by atoms with Crippen molar-refractivity contribution in [1.29, 1.82) is 0 Å². The topological polar surface area (TPSA) is 32.3 Å². The molecule has 1 unspecified atom stereocenters. The van der Waals surface area contributed by atoms with E-state index in [1.165, 1.54) is 25.7 Å². The third kappa shape index (κ3) is 2.92. The lowest BCUT2D eigenvalue weighted by Crippen LogP contribution is -2.45. The minimum Gasteiger partial charge on any atom is -0.342 e. The van der Waals surface area contributed by atoms with Gasteiger partial charge in [0.25, 0.3) is 0 Å². The number of amides is 1. The summed E-state index contributed by atoms with van der Waals surface area (Å²) < 4.78 is 0. The number of rotatable bonds is 1. The Bertz CT molecular complexity index is 350. The van der Waals surface area contributed by atoms with Gasteiger partial charge in [-0.25, -0.2) is 0 Å². The Hall–Kier alpha value is -0.280. The molecule has 1 aliphatic carbocycles. The second kappa shape index (κ2) is 5.25. The standard InChI is InChI=1S/C15H26N2O.ClH/c1-14(2)4-3-9-17(11-14)13(18)12-10-15(12)5-7-16-8-6-15;/h12,16H,3-11H2,1-2H3;1H. The fourth-order valence-electron chi connectivity index (χ4n) is 4.01. The van der Waals surface area contributed by atoms with Crippen molar-refractivity contribution in [3.8, 4) is 0 Å². The van der Waals surface area contributed by atoms with E-state index < -0.39 is 0 Å². The minimum atomic E-state index is 0. The van der Waals surface area contributed by atoms with Crippen LogP contribution >= 0.6 is 12.4 Å². The summed E-state index contributed by atoms with van der Waals surface area (Å²) in [5.41, 5.74) is 0.716. The second-order valence-corrected chi connectivity index (χ2v) is 7.40. The van der Waals surface area contributed by atoms with Crippen molar-refractivity contribution < 1.29 is 4.79 Å². The number of carbonyl (C=O) groups excluding carboxylic acids is 1. The van der Waals surface area contributed by atoms with Gasteiger partial charge >= 0.3 is 0 Å². The number of nitrogens with one attached hydrogen (secondary N) is 1. The fraction of sp³-hybridized carbons (Fsp3) is 0.933. The smallest absolute Gasteiger partial charge is 0.226 e. The van der Waals surface area contributed by atoms with Gasteiger partial charge in [0.05, 0.1) is 0 Å². The monoisotopic (exact) mass is 286 g/mol. The number of piperidine rings is 2. The molecule has 3 rings (SSSR count). The number of hydrogen-bond acceptors (Lipinski definition) is 2. The summed E-state index contributed by atoms with van der Waals surface area (Å²) in [5, 5.41) is 3.41. The van der Waals surface area contributed by atoms with E-state index in [-0.39, 0.29) is 12.4 Å². The lowest BCUT2D eigenvalue weighted by Gasteiger charge is -2.38. The number of hydrogen-bond donors (Lipinski definition) is 1. The van der Waals surface area contributed by atoms with E-state index in [2.05, 4.69) is 24.1 Å². The zero-order valence-corrected chi connectivity index (χ0v) is 13.0. The SMILES string of the molecule is CC1(C)CCCN(C(=O)C2CC23CCNCC3)C1.Cl. The first kappa shape index (κ1) is 15.1. The molecule has 2 heterocycles. The Morgan fingerprint density at radius 2 is 1.89 bits per heavy atom. The van der Waals surface area contributed by atoms with Crippen LogP contribution in [0.25, 0.3) is 0 Å². The third-order valence-electron chi connectivity index (χ3n) is 5.30. The molecular weight excluding hydrogens is 260 g/mol. The van der Waals surface area contributed by atoms with Crippen LogP contribution in [0.3, 0.4) is 0 Å². The van der Waals surface area contributed by atoms with E-state index in [1.54, 1.807) is 0 Å². The lowest BCUT2D eigenvalue weighted by molar-refractivity contribution is -0.136. The van der Waals surface area contributed by atoms with Gasteiger partial charge < -0.3 is 10.2 Å². The van der Waals surface area contributed by atoms with Gasteiger partial charge in [0.2, 0.25) is 5.91 Å². The molecule has 110 valence electrons. The van der Waals surface area contributed by atoms with E-state index in [9.17, 15) is 4.79 Å². The zero-order valence-electron chi connectivity index (χ0n) is 12.2. The maximum Gasteiger partial charge on any atom is 0.226 e. The summed E-state index contributed by atoms with van der Waals surface area (Å²) in [6.07, 6.45) is 6.02. The van der Waals surface area contributed by atoms with Crippen molar-refractivity contribution in [2.75, 3.05) is 26.2 Å².